The number of hydrogen-bond acceptors (Lipinski definition) is 5. The van der Waals surface area contributed by atoms with Gasteiger partial charge < -0.3 is 14.8 Å². The van der Waals surface area contributed by atoms with E-state index in [0.29, 0.717) is 6.42 Å². The van der Waals surface area contributed by atoms with Crippen molar-refractivity contribution in [1.29, 1.82) is 0 Å². The number of thioether (sulfide) groups is 1. The van der Waals surface area contributed by atoms with Gasteiger partial charge >= 0.3 is 12.1 Å². The van der Waals surface area contributed by atoms with Crippen LogP contribution in [0.4, 0.5) is 4.79 Å². The zero-order valence-corrected chi connectivity index (χ0v) is 16.1. The largest absolute Gasteiger partial charge is 0.453 e. The SMILES string of the molecule is CCC(NC(=O)OC(C)(C)C)C(=O)OCSc1ccccc1Br. The molecular weight excluding hydrogens is 382 g/mol. The number of esters is 1. The van der Waals surface area contributed by atoms with Gasteiger partial charge in [-0.15, -0.1) is 0 Å². The molecule has 23 heavy (non-hydrogen) atoms. The Morgan fingerprint density at radius 3 is 2.52 bits per heavy atom. The van der Waals surface area contributed by atoms with Crippen molar-refractivity contribution in [2.24, 2.45) is 0 Å². The molecule has 0 fully saturated rings. The van der Waals surface area contributed by atoms with E-state index >= 15 is 0 Å². The Morgan fingerprint density at radius 1 is 1.30 bits per heavy atom. The predicted molar refractivity (Wildman–Crippen MR) is 94.4 cm³/mol. The molecule has 0 spiro atoms. The topological polar surface area (TPSA) is 64.6 Å². The van der Waals surface area contributed by atoms with E-state index in [-0.39, 0.29) is 5.94 Å². The number of rotatable bonds is 6. The zero-order chi connectivity index (χ0) is 17.5. The summed E-state index contributed by atoms with van der Waals surface area (Å²) < 4.78 is 11.3. The van der Waals surface area contributed by atoms with Crippen molar-refractivity contribution in [2.75, 3.05) is 5.94 Å². The Hall–Kier alpha value is -1.21. The van der Waals surface area contributed by atoms with Crippen LogP contribution in [0.1, 0.15) is 34.1 Å². The van der Waals surface area contributed by atoms with Crippen LogP contribution in [0.15, 0.2) is 33.6 Å². The van der Waals surface area contributed by atoms with E-state index in [4.69, 9.17) is 9.47 Å². The number of halogens is 1. The average Bonchev–Trinajstić information content (AvgIpc) is 2.44. The van der Waals surface area contributed by atoms with Gasteiger partial charge in [-0.05, 0) is 55.3 Å². The van der Waals surface area contributed by atoms with Crippen LogP contribution in [-0.2, 0) is 14.3 Å². The predicted octanol–water partition coefficient (Wildman–Crippen LogP) is 4.35. The van der Waals surface area contributed by atoms with Gasteiger partial charge in [0, 0.05) is 9.37 Å². The van der Waals surface area contributed by atoms with Crippen molar-refractivity contribution < 1.29 is 19.1 Å². The molecule has 0 aromatic heterocycles. The molecule has 1 N–H and O–H groups in total. The fourth-order valence-corrected chi connectivity index (χ4v) is 2.90. The summed E-state index contributed by atoms with van der Waals surface area (Å²) in [6.07, 6.45) is -0.197. The van der Waals surface area contributed by atoms with Crippen molar-refractivity contribution in [3.63, 3.8) is 0 Å². The van der Waals surface area contributed by atoms with Gasteiger partial charge in [-0.2, -0.15) is 0 Å². The zero-order valence-electron chi connectivity index (χ0n) is 13.7. The Bertz CT molecular complexity index is 545. The first kappa shape index (κ1) is 19.8. The molecule has 0 aliphatic rings. The standard InChI is InChI=1S/C16H22BrNO4S/c1-5-12(18-15(20)22-16(2,3)4)14(19)21-10-23-13-9-7-6-8-11(13)17/h6-9,12H,5,10H2,1-4H3,(H,18,20). The molecule has 0 saturated carbocycles. The summed E-state index contributed by atoms with van der Waals surface area (Å²) in [4.78, 5) is 24.7. The normalized spacial score (nSPS) is 12.4. The molecule has 0 aliphatic carbocycles. The third-order valence-electron chi connectivity index (χ3n) is 2.64. The lowest BCUT2D eigenvalue weighted by Gasteiger charge is -2.22. The number of alkyl carbamates (subject to hydrolysis) is 1. The number of ether oxygens (including phenoxy) is 2. The summed E-state index contributed by atoms with van der Waals surface area (Å²) in [5.41, 5.74) is -0.609. The van der Waals surface area contributed by atoms with Crippen molar-refractivity contribution in [2.45, 2.75) is 50.7 Å². The highest BCUT2D eigenvalue weighted by molar-refractivity contribution is 9.10. The first-order valence-electron chi connectivity index (χ1n) is 7.26. The second-order valence-electron chi connectivity index (χ2n) is 5.76. The maximum atomic E-state index is 12.0. The van der Waals surface area contributed by atoms with E-state index in [1.165, 1.54) is 11.8 Å². The molecule has 0 aliphatic heterocycles. The van der Waals surface area contributed by atoms with E-state index in [2.05, 4.69) is 21.2 Å². The molecule has 0 radical (unpaired) electrons. The Balaban J connectivity index is 2.45. The first-order valence-corrected chi connectivity index (χ1v) is 9.04. The third kappa shape index (κ3) is 7.74. The van der Waals surface area contributed by atoms with Crippen LogP contribution in [0.5, 0.6) is 0 Å². The van der Waals surface area contributed by atoms with Crippen molar-refractivity contribution in [1.82, 2.24) is 5.32 Å². The molecule has 0 heterocycles. The summed E-state index contributed by atoms with van der Waals surface area (Å²) in [6.45, 7) is 7.09. The molecular formula is C16H22BrNO4S. The molecule has 1 aromatic rings. The fourth-order valence-electron chi connectivity index (χ4n) is 1.59. The lowest BCUT2D eigenvalue weighted by molar-refractivity contribution is -0.144. The van der Waals surface area contributed by atoms with Crippen LogP contribution in [-0.4, -0.2) is 29.6 Å². The highest BCUT2D eigenvalue weighted by Gasteiger charge is 2.24. The summed E-state index contributed by atoms with van der Waals surface area (Å²) in [5.74, 6) is -0.300. The number of carbonyl (C=O) groups excluding carboxylic acids is 2. The van der Waals surface area contributed by atoms with E-state index in [0.717, 1.165) is 9.37 Å². The molecule has 1 amide bonds. The van der Waals surface area contributed by atoms with Crippen LogP contribution in [0.25, 0.3) is 0 Å². The molecule has 1 rings (SSSR count). The number of carbonyl (C=O) groups is 2. The monoisotopic (exact) mass is 403 g/mol. The van der Waals surface area contributed by atoms with Crippen LogP contribution in [0, 0.1) is 0 Å². The van der Waals surface area contributed by atoms with Crippen LogP contribution in [0.2, 0.25) is 0 Å². The summed E-state index contributed by atoms with van der Waals surface area (Å²) in [5, 5.41) is 2.53. The Morgan fingerprint density at radius 2 is 1.96 bits per heavy atom. The van der Waals surface area contributed by atoms with Gasteiger partial charge in [-0.3, -0.25) is 0 Å². The van der Waals surface area contributed by atoms with Gasteiger partial charge in [-0.25, -0.2) is 9.59 Å². The van der Waals surface area contributed by atoms with Crippen LogP contribution >= 0.6 is 27.7 Å². The van der Waals surface area contributed by atoms with E-state index in [9.17, 15) is 9.59 Å². The molecule has 1 atom stereocenters. The Kier molecular flexibility index (Phi) is 7.91. The Labute approximate surface area is 149 Å². The maximum Gasteiger partial charge on any atom is 0.408 e. The summed E-state index contributed by atoms with van der Waals surface area (Å²) >= 11 is 4.83. The van der Waals surface area contributed by atoms with Gasteiger partial charge in [-0.1, -0.05) is 30.8 Å². The molecule has 1 aromatic carbocycles. The van der Waals surface area contributed by atoms with Gasteiger partial charge in [0.2, 0.25) is 0 Å². The van der Waals surface area contributed by atoms with E-state index < -0.39 is 23.7 Å². The second-order valence-corrected chi connectivity index (χ2v) is 7.58. The number of nitrogens with one attached hydrogen (secondary N) is 1. The molecule has 0 saturated heterocycles. The summed E-state index contributed by atoms with van der Waals surface area (Å²) in [6, 6.07) is 6.96. The second kappa shape index (κ2) is 9.17. The molecule has 0 bridgehead atoms. The third-order valence-corrected chi connectivity index (χ3v) is 4.49. The highest BCUT2D eigenvalue weighted by atomic mass is 79.9. The van der Waals surface area contributed by atoms with Gasteiger partial charge in [0.1, 0.15) is 17.6 Å². The summed E-state index contributed by atoms with van der Waals surface area (Å²) in [7, 11) is 0. The molecule has 5 nitrogen and oxygen atoms in total. The first-order chi connectivity index (χ1) is 10.7. The molecule has 7 heteroatoms. The highest BCUT2D eigenvalue weighted by Crippen LogP contribution is 2.27. The number of benzene rings is 1. The quantitative estimate of drug-likeness (QED) is 0.434. The molecule has 1 unspecified atom stereocenters. The van der Waals surface area contributed by atoms with Gasteiger partial charge in [0.25, 0.3) is 0 Å². The number of amides is 1. The van der Waals surface area contributed by atoms with E-state index in [1.54, 1.807) is 27.7 Å². The lowest BCUT2D eigenvalue weighted by atomic mass is 10.2. The number of hydrogen-bond donors (Lipinski definition) is 1. The smallest absolute Gasteiger partial charge is 0.408 e. The van der Waals surface area contributed by atoms with Crippen molar-refractivity contribution in [3.05, 3.63) is 28.7 Å². The maximum absolute atomic E-state index is 12.0. The minimum Gasteiger partial charge on any atom is -0.453 e. The van der Waals surface area contributed by atoms with Crippen molar-refractivity contribution in [3.8, 4) is 0 Å². The minimum absolute atomic E-state index is 0.175. The van der Waals surface area contributed by atoms with E-state index in [1.807, 2.05) is 24.3 Å². The average molecular weight is 404 g/mol. The lowest BCUT2D eigenvalue weighted by Crippen LogP contribution is -2.43. The fraction of sp³-hybridized carbons (Fsp3) is 0.500. The van der Waals surface area contributed by atoms with Crippen molar-refractivity contribution >= 4 is 39.8 Å². The van der Waals surface area contributed by atoms with Gasteiger partial charge in [0.05, 0.1) is 0 Å². The minimum atomic E-state index is -0.718. The molecule has 128 valence electrons. The van der Waals surface area contributed by atoms with Crippen LogP contribution in [0.3, 0.4) is 0 Å². The van der Waals surface area contributed by atoms with Gasteiger partial charge in [0.15, 0.2) is 0 Å². The van der Waals surface area contributed by atoms with Crippen LogP contribution < -0.4 is 5.32 Å².